The highest BCUT2D eigenvalue weighted by Gasteiger charge is 2.33. The minimum atomic E-state index is -0.708. The van der Waals surface area contributed by atoms with Crippen LogP contribution in [0.4, 0.5) is 0 Å². The van der Waals surface area contributed by atoms with Gasteiger partial charge in [0.1, 0.15) is 11.5 Å². The maximum absolute atomic E-state index is 13.5. The Morgan fingerprint density at radius 3 is 2.47 bits per heavy atom. The van der Waals surface area contributed by atoms with Gasteiger partial charge in [-0.1, -0.05) is 35.6 Å². The van der Waals surface area contributed by atoms with Crippen LogP contribution >= 0.6 is 11.3 Å². The van der Waals surface area contributed by atoms with E-state index in [9.17, 15) is 14.7 Å². The first-order valence-electron chi connectivity index (χ1n) is 11.0. The van der Waals surface area contributed by atoms with Gasteiger partial charge in [-0.2, -0.15) is 0 Å². The van der Waals surface area contributed by atoms with Gasteiger partial charge in [-0.25, -0.2) is 9.79 Å². The molecule has 0 aliphatic carbocycles. The lowest BCUT2D eigenvalue weighted by Gasteiger charge is -2.24. The first-order chi connectivity index (χ1) is 16.3. The fourth-order valence-electron chi connectivity index (χ4n) is 3.83. The van der Waals surface area contributed by atoms with E-state index in [1.165, 1.54) is 28.0 Å². The summed E-state index contributed by atoms with van der Waals surface area (Å²) in [5, 5.41) is 9.75. The van der Waals surface area contributed by atoms with Crippen LogP contribution < -0.4 is 19.6 Å². The summed E-state index contributed by atoms with van der Waals surface area (Å²) in [6.45, 7) is 7.61. The minimum absolute atomic E-state index is 0.0753. The van der Waals surface area contributed by atoms with Crippen LogP contribution in [0.1, 0.15) is 44.9 Å². The van der Waals surface area contributed by atoms with E-state index >= 15 is 0 Å². The van der Waals surface area contributed by atoms with Crippen molar-refractivity contribution in [3.05, 3.63) is 90.6 Å². The average Bonchev–Trinajstić information content (AvgIpc) is 3.09. The van der Waals surface area contributed by atoms with Crippen LogP contribution in [0.25, 0.3) is 6.08 Å². The van der Waals surface area contributed by atoms with Gasteiger partial charge >= 0.3 is 5.97 Å². The lowest BCUT2D eigenvalue weighted by Crippen LogP contribution is -2.39. The molecule has 3 aromatic rings. The number of fused-ring (bicyclic) bond motifs is 1. The number of carbonyl (C=O) groups is 1. The zero-order valence-corrected chi connectivity index (χ0v) is 20.3. The van der Waals surface area contributed by atoms with E-state index in [4.69, 9.17) is 9.47 Å². The largest absolute Gasteiger partial charge is 0.508 e. The molecule has 34 heavy (non-hydrogen) atoms. The molecule has 7 nitrogen and oxygen atoms in total. The molecule has 176 valence electrons. The molecule has 2 aromatic carbocycles. The Morgan fingerprint density at radius 1 is 1.18 bits per heavy atom. The van der Waals surface area contributed by atoms with Crippen molar-refractivity contribution >= 4 is 23.4 Å². The summed E-state index contributed by atoms with van der Waals surface area (Å²) in [6, 6.07) is 13.3. The molecule has 0 fully saturated rings. The van der Waals surface area contributed by atoms with Gasteiger partial charge in [0.25, 0.3) is 5.56 Å². The molecule has 1 aromatic heterocycles. The number of ether oxygens (including phenoxy) is 2. The first kappa shape index (κ1) is 23.5. The molecular formula is C26H26N2O5S. The second kappa shape index (κ2) is 9.69. The molecule has 1 unspecified atom stereocenters. The van der Waals surface area contributed by atoms with Gasteiger partial charge in [-0.3, -0.25) is 9.36 Å². The smallest absolute Gasteiger partial charge is 0.338 e. The van der Waals surface area contributed by atoms with Crippen molar-refractivity contribution in [1.29, 1.82) is 0 Å². The van der Waals surface area contributed by atoms with Crippen molar-refractivity contribution in [3.63, 3.8) is 0 Å². The van der Waals surface area contributed by atoms with E-state index in [1.807, 2.05) is 38.1 Å². The molecule has 1 aliphatic heterocycles. The number of hydrogen-bond donors (Lipinski definition) is 1. The Labute approximate surface area is 200 Å². The Bertz CT molecular complexity index is 1410. The van der Waals surface area contributed by atoms with Crippen molar-refractivity contribution in [2.24, 2.45) is 4.99 Å². The second-order valence-corrected chi connectivity index (χ2v) is 9.14. The lowest BCUT2D eigenvalue weighted by atomic mass is 9.96. The summed E-state index contributed by atoms with van der Waals surface area (Å²) in [6.07, 6.45) is 1.88. The molecule has 0 amide bonds. The molecule has 4 rings (SSSR count). The minimum Gasteiger partial charge on any atom is -0.508 e. The van der Waals surface area contributed by atoms with E-state index in [0.717, 1.165) is 11.3 Å². The maximum Gasteiger partial charge on any atom is 0.338 e. The number of rotatable bonds is 6. The molecule has 8 heteroatoms. The van der Waals surface area contributed by atoms with Crippen LogP contribution in [0, 0.1) is 0 Å². The standard InChI is InChI=1S/C26H26N2O5S/c1-5-32-25(31)22-16(4)27-26-28(23(22)18-8-10-19(29)11-9-18)24(30)21(34-26)14-17-6-12-20(13-7-17)33-15(2)3/h6-15,23,29H,5H2,1-4H3/b21-14+. The fourth-order valence-corrected chi connectivity index (χ4v) is 4.88. The number of phenolic OH excluding ortho intramolecular Hbond substituents is 1. The Morgan fingerprint density at radius 2 is 1.85 bits per heavy atom. The van der Waals surface area contributed by atoms with E-state index in [0.29, 0.717) is 26.2 Å². The van der Waals surface area contributed by atoms with Crippen LogP contribution in [0.15, 0.2) is 69.6 Å². The van der Waals surface area contributed by atoms with Crippen LogP contribution in [0.5, 0.6) is 11.5 Å². The van der Waals surface area contributed by atoms with E-state index in [-0.39, 0.29) is 24.0 Å². The number of nitrogens with zero attached hydrogens (tertiary/aromatic N) is 2. The predicted octanol–water partition coefficient (Wildman–Crippen LogP) is 3.29. The number of aromatic hydroxyl groups is 1. The second-order valence-electron chi connectivity index (χ2n) is 8.13. The van der Waals surface area contributed by atoms with Gasteiger partial charge in [-0.05, 0) is 69.2 Å². The van der Waals surface area contributed by atoms with Gasteiger partial charge in [-0.15, -0.1) is 0 Å². The summed E-state index contributed by atoms with van der Waals surface area (Å²) in [4.78, 5) is 31.5. The topological polar surface area (TPSA) is 90.1 Å². The Hall–Kier alpha value is -3.65. The van der Waals surface area contributed by atoms with Crippen LogP contribution in [0.2, 0.25) is 0 Å². The monoisotopic (exact) mass is 478 g/mol. The summed E-state index contributed by atoms with van der Waals surface area (Å²) in [5.74, 6) is 0.340. The maximum atomic E-state index is 13.5. The third-order valence-corrected chi connectivity index (χ3v) is 6.26. The highest BCUT2D eigenvalue weighted by Crippen LogP contribution is 2.31. The number of allylic oxidation sites excluding steroid dienone is 1. The Kier molecular flexibility index (Phi) is 6.70. The SMILES string of the molecule is CCOC(=O)C1=C(C)N=c2s/c(=C/c3ccc(OC(C)C)cc3)c(=O)n2C1c1ccc(O)cc1. The number of thiazole rings is 1. The molecule has 0 bridgehead atoms. The van der Waals surface area contributed by atoms with Crippen molar-refractivity contribution in [2.45, 2.75) is 39.8 Å². The van der Waals surface area contributed by atoms with Gasteiger partial charge in [0.2, 0.25) is 0 Å². The van der Waals surface area contributed by atoms with Gasteiger partial charge in [0, 0.05) is 0 Å². The molecule has 1 N–H and O–H groups in total. The van der Waals surface area contributed by atoms with Crippen LogP contribution in [-0.2, 0) is 9.53 Å². The average molecular weight is 479 g/mol. The summed E-state index contributed by atoms with van der Waals surface area (Å²) in [5.41, 5.74) is 2.08. The number of hydrogen-bond acceptors (Lipinski definition) is 7. The third kappa shape index (κ3) is 4.68. The van der Waals surface area contributed by atoms with E-state index in [2.05, 4.69) is 4.99 Å². The van der Waals surface area contributed by atoms with Crippen LogP contribution in [-0.4, -0.2) is 28.4 Å². The molecule has 0 saturated heterocycles. The number of benzene rings is 2. The highest BCUT2D eigenvalue weighted by molar-refractivity contribution is 7.07. The predicted molar refractivity (Wildman–Crippen MR) is 131 cm³/mol. The van der Waals surface area contributed by atoms with Crippen molar-refractivity contribution < 1.29 is 19.4 Å². The van der Waals surface area contributed by atoms with Crippen molar-refractivity contribution in [1.82, 2.24) is 4.57 Å². The summed E-state index contributed by atoms with van der Waals surface area (Å²) >= 11 is 1.27. The summed E-state index contributed by atoms with van der Waals surface area (Å²) < 4.78 is 13.0. The van der Waals surface area contributed by atoms with Gasteiger partial charge < -0.3 is 14.6 Å². The third-order valence-electron chi connectivity index (χ3n) is 5.28. The van der Waals surface area contributed by atoms with Gasteiger partial charge in [0.15, 0.2) is 4.80 Å². The summed E-state index contributed by atoms with van der Waals surface area (Å²) in [7, 11) is 0. The molecule has 0 spiro atoms. The fraction of sp³-hybridized carbons (Fsp3) is 0.269. The molecule has 0 saturated carbocycles. The Balaban J connectivity index is 1.85. The van der Waals surface area contributed by atoms with Crippen molar-refractivity contribution in [3.8, 4) is 11.5 Å². The number of carbonyl (C=O) groups excluding carboxylic acids is 1. The van der Waals surface area contributed by atoms with Crippen molar-refractivity contribution in [2.75, 3.05) is 6.61 Å². The first-order valence-corrected chi connectivity index (χ1v) is 11.9. The zero-order valence-electron chi connectivity index (χ0n) is 19.4. The number of esters is 1. The molecule has 1 aliphatic rings. The zero-order chi connectivity index (χ0) is 24.4. The van der Waals surface area contributed by atoms with E-state index in [1.54, 1.807) is 32.1 Å². The molecular weight excluding hydrogens is 452 g/mol. The lowest BCUT2D eigenvalue weighted by molar-refractivity contribution is -0.139. The normalized spacial score (nSPS) is 15.8. The molecule has 1 atom stereocenters. The number of phenols is 1. The van der Waals surface area contributed by atoms with E-state index < -0.39 is 12.0 Å². The quantitative estimate of drug-likeness (QED) is 0.549. The highest BCUT2D eigenvalue weighted by atomic mass is 32.1. The molecule has 2 heterocycles. The van der Waals surface area contributed by atoms with Gasteiger partial charge in [0.05, 0.1) is 34.6 Å². The molecule has 0 radical (unpaired) electrons. The number of aromatic nitrogens is 1. The van der Waals surface area contributed by atoms with Crippen LogP contribution in [0.3, 0.4) is 0 Å².